The Hall–Kier alpha value is -1.49. The van der Waals surface area contributed by atoms with Gasteiger partial charge in [-0.3, -0.25) is 4.90 Å². The zero-order valence-corrected chi connectivity index (χ0v) is 11.8. The van der Waals surface area contributed by atoms with E-state index in [1.807, 2.05) is 12.1 Å². The van der Waals surface area contributed by atoms with E-state index in [4.69, 9.17) is 0 Å². The van der Waals surface area contributed by atoms with Gasteiger partial charge in [0.15, 0.2) is 0 Å². The average molecular weight is 296 g/mol. The van der Waals surface area contributed by atoms with E-state index in [0.29, 0.717) is 19.0 Å². The van der Waals surface area contributed by atoms with E-state index in [1.54, 1.807) is 0 Å². The van der Waals surface area contributed by atoms with Crippen molar-refractivity contribution in [1.29, 1.82) is 0 Å². The van der Waals surface area contributed by atoms with Crippen LogP contribution in [0.3, 0.4) is 0 Å². The Morgan fingerprint density at radius 1 is 1.24 bits per heavy atom. The molecule has 0 fully saturated rings. The summed E-state index contributed by atoms with van der Waals surface area (Å²) in [4.78, 5) is 2.13. The monoisotopic (exact) mass is 296 g/mol. The van der Waals surface area contributed by atoms with Crippen molar-refractivity contribution >= 4 is 5.69 Å². The van der Waals surface area contributed by atoms with Gasteiger partial charge in [0, 0.05) is 43.4 Å². The second-order valence-electron chi connectivity index (χ2n) is 5.74. The van der Waals surface area contributed by atoms with Crippen molar-refractivity contribution in [3.8, 4) is 0 Å². The van der Waals surface area contributed by atoms with Gasteiger partial charge in [-0.15, -0.1) is 0 Å². The fourth-order valence-corrected chi connectivity index (χ4v) is 3.19. The van der Waals surface area contributed by atoms with Gasteiger partial charge in [0.2, 0.25) is 0 Å². The summed E-state index contributed by atoms with van der Waals surface area (Å²) in [5, 5.41) is 3.38. The molecule has 1 aromatic rings. The molecule has 0 aliphatic carbocycles. The first-order valence-electron chi connectivity index (χ1n) is 7.35. The maximum absolute atomic E-state index is 12.6. The molecule has 1 N–H and O–H groups in total. The van der Waals surface area contributed by atoms with Crippen LogP contribution in [0.25, 0.3) is 0 Å². The van der Waals surface area contributed by atoms with E-state index >= 15 is 0 Å². The van der Waals surface area contributed by atoms with Crippen LogP contribution >= 0.6 is 0 Å². The Morgan fingerprint density at radius 2 is 2.05 bits per heavy atom. The molecule has 2 aliphatic rings. The highest BCUT2D eigenvalue weighted by Gasteiger charge is 2.35. The van der Waals surface area contributed by atoms with Crippen LogP contribution in [0.15, 0.2) is 35.9 Å². The number of alkyl halides is 3. The summed E-state index contributed by atoms with van der Waals surface area (Å²) < 4.78 is 37.9. The third-order valence-electron chi connectivity index (χ3n) is 4.34. The van der Waals surface area contributed by atoms with Gasteiger partial charge in [-0.25, -0.2) is 0 Å². The van der Waals surface area contributed by atoms with Crippen molar-refractivity contribution in [1.82, 2.24) is 4.90 Å². The molecule has 1 atom stereocenters. The summed E-state index contributed by atoms with van der Waals surface area (Å²) in [6.07, 6.45) is -1.68. The van der Waals surface area contributed by atoms with Gasteiger partial charge in [0.05, 0.1) is 0 Å². The lowest BCUT2D eigenvalue weighted by molar-refractivity contribution is -0.0960. The largest absolute Gasteiger partial charge is 0.412 e. The molecule has 2 heterocycles. The van der Waals surface area contributed by atoms with Crippen LogP contribution in [0.4, 0.5) is 18.9 Å². The molecular weight excluding hydrogens is 277 g/mol. The van der Waals surface area contributed by atoms with Gasteiger partial charge in [0.25, 0.3) is 0 Å². The topological polar surface area (TPSA) is 15.3 Å². The normalized spacial score (nSPS) is 23.2. The maximum Gasteiger partial charge on any atom is 0.412 e. The lowest BCUT2D eigenvalue weighted by atomic mass is 9.90. The third-order valence-corrected chi connectivity index (χ3v) is 4.34. The number of benzene rings is 1. The first kappa shape index (κ1) is 14.4. The van der Waals surface area contributed by atoms with E-state index < -0.39 is 6.18 Å². The Labute approximate surface area is 122 Å². The number of para-hydroxylation sites is 1. The molecule has 0 spiro atoms. The number of anilines is 1. The molecule has 0 aromatic heterocycles. The third kappa shape index (κ3) is 3.23. The minimum Gasteiger partial charge on any atom is -0.385 e. The second kappa shape index (κ2) is 5.72. The molecule has 0 saturated heterocycles. The number of nitrogens with zero attached hydrogens (tertiary/aromatic N) is 1. The molecule has 0 bridgehead atoms. The Balaban J connectivity index is 1.66. The van der Waals surface area contributed by atoms with Gasteiger partial charge in [-0.05, 0) is 24.5 Å². The van der Waals surface area contributed by atoms with Crippen molar-refractivity contribution in [2.75, 3.05) is 31.5 Å². The fourth-order valence-electron chi connectivity index (χ4n) is 3.19. The minimum atomic E-state index is -4.16. The zero-order chi connectivity index (χ0) is 14.9. The van der Waals surface area contributed by atoms with Crippen LogP contribution in [-0.2, 0) is 0 Å². The lowest BCUT2D eigenvalue weighted by Crippen LogP contribution is -2.36. The van der Waals surface area contributed by atoms with Crippen molar-refractivity contribution in [2.24, 2.45) is 0 Å². The molecule has 0 amide bonds. The van der Waals surface area contributed by atoms with E-state index in [1.165, 1.54) is 11.6 Å². The molecule has 3 rings (SSSR count). The smallest absolute Gasteiger partial charge is 0.385 e. The molecule has 2 nitrogen and oxygen atoms in total. The highest BCUT2D eigenvalue weighted by atomic mass is 19.4. The number of rotatable bonds is 2. The summed E-state index contributed by atoms with van der Waals surface area (Å²) in [7, 11) is 0. The van der Waals surface area contributed by atoms with Crippen LogP contribution in [-0.4, -0.2) is 37.3 Å². The first-order chi connectivity index (χ1) is 10.0. The van der Waals surface area contributed by atoms with E-state index in [-0.39, 0.29) is 12.0 Å². The van der Waals surface area contributed by atoms with Crippen molar-refractivity contribution < 1.29 is 13.2 Å². The molecule has 0 radical (unpaired) electrons. The molecule has 21 heavy (non-hydrogen) atoms. The fraction of sp³-hybridized carbons (Fsp3) is 0.500. The van der Waals surface area contributed by atoms with Gasteiger partial charge < -0.3 is 5.32 Å². The van der Waals surface area contributed by atoms with E-state index in [2.05, 4.69) is 22.3 Å². The Bertz CT molecular complexity index is 537. The summed E-state index contributed by atoms with van der Waals surface area (Å²) in [5.74, 6) is 0.406. The number of fused-ring (bicyclic) bond motifs is 1. The summed E-state index contributed by atoms with van der Waals surface area (Å²) in [6, 6.07) is 8.22. The predicted molar refractivity (Wildman–Crippen MR) is 77.5 cm³/mol. The van der Waals surface area contributed by atoms with Gasteiger partial charge >= 0.3 is 6.18 Å². The van der Waals surface area contributed by atoms with E-state index in [0.717, 1.165) is 25.2 Å². The van der Waals surface area contributed by atoms with Crippen molar-refractivity contribution in [3.63, 3.8) is 0 Å². The number of hydrogen-bond acceptors (Lipinski definition) is 2. The van der Waals surface area contributed by atoms with Crippen LogP contribution < -0.4 is 5.32 Å². The number of halogens is 3. The standard InChI is InChI=1S/C16H19F3N2/c17-16(18,19)13-6-9-21(10-7-13)11-12-5-8-20-15-4-2-1-3-14(12)15/h1-4,6,12,20H,5,7-11H2. The molecule has 0 saturated carbocycles. The summed E-state index contributed by atoms with van der Waals surface area (Å²) in [6.45, 7) is 2.66. The molecular formula is C16H19F3N2. The van der Waals surface area contributed by atoms with Crippen LogP contribution in [0.5, 0.6) is 0 Å². The Kier molecular flexibility index (Phi) is 3.93. The molecule has 2 aliphatic heterocycles. The van der Waals surface area contributed by atoms with Crippen LogP contribution in [0.1, 0.15) is 24.3 Å². The minimum absolute atomic E-state index is 0.107. The van der Waals surface area contributed by atoms with Crippen molar-refractivity contribution in [3.05, 3.63) is 41.5 Å². The zero-order valence-electron chi connectivity index (χ0n) is 11.8. The Morgan fingerprint density at radius 3 is 2.76 bits per heavy atom. The predicted octanol–water partition coefficient (Wildman–Crippen LogP) is 3.78. The molecule has 1 unspecified atom stereocenters. The van der Waals surface area contributed by atoms with Crippen LogP contribution in [0, 0.1) is 0 Å². The van der Waals surface area contributed by atoms with Gasteiger partial charge in [0.1, 0.15) is 0 Å². The SMILES string of the molecule is FC(F)(F)C1=CCN(CC2CCNc3ccccc32)CC1. The maximum atomic E-state index is 12.6. The lowest BCUT2D eigenvalue weighted by Gasteiger charge is -2.33. The quantitative estimate of drug-likeness (QED) is 0.836. The summed E-state index contributed by atoms with van der Waals surface area (Å²) in [5.41, 5.74) is 2.08. The highest BCUT2D eigenvalue weighted by molar-refractivity contribution is 5.54. The van der Waals surface area contributed by atoms with Gasteiger partial charge in [-0.2, -0.15) is 13.2 Å². The molecule has 114 valence electrons. The molecule has 5 heteroatoms. The van der Waals surface area contributed by atoms with Gasteiger partial charge in [-0.1, -0.05) is 24.3 Å². The van der Waals surface area contributed by atoms with E-state index in [9.17, 15) is 13.2 Å². The number of hydrogen-bond donors (Lipinski definition) is 1. The first-order valence-corrected chi connectivity index (χ1v) is 7.35. The molecule has 1 aromatic carbocycles. The second-order valence-corrected chi connectivity index (χ2v) is 5.74. The van der Waals surface area contributed by atoms with Crippen molar-refractivity contribution in [2.45, 2.75) is 24.9 Å². The average Bonchev–Trinajstić information content (AvgIpc) is 2.47. The van der Waals surface area contributed by atoms with Crippen LogP contribution in [0.2, 0.25) is 0 Å². The number of nitrogens with one attached hydrogen (secondary N) is 1. The summed E-state index contributed by atoms with van der Waals surface area (Å²) >= 11 is 0. The highest BCUT2D eigenvalue weighted by Crippen LogP contribution is 2.34.